The highest BCUT2D eigenvalue weighted by atomic mass is 32.2. The monoisotopic (exact) mass is 630 g/mol. The number of benzene rings is 4. The zero-order valence-corrected chi connectivity index (χ0v) is 26.6. The average Bonchev–Trinajstić information content (AvgIpc) is 3.02. The number of anilines is 2. The summed E-state index contributed by atoms with van der Waals surface area (Å²) >= 11 is 1.67. The van der Waals surface area contributed by atoms with Crippen molar-refractivity contribution in [3.05, 3.63) is 114 Å². The van der Waals surface area contributed by atoms with Crippen molar-refractivity contribution in [1.82, 2.24) is 10.2 Å². The van der Waals surface area contributed by atoms with Gasteiger partial charge in [-0.2, -0.15) is 0 Å². The second-order valence-electron chi connectivity index (χ2n) is 10.9. The highest BCUT2D eigenvalue weighted by molar-refractivity contribution is 7.98. The highest BCUT2D eigenvalue weighted by Gasteiger charge is 2.24. The third kappa shape index (κ3) is 9.25. The molecule has 8 nitrogen and oxygen atoms in total. The number of hydrogen-bond donors (Lipinski definition) is 2. The Morgan fingerprint density at radius 1 is 0.886 bits per heavy atom. The van der Waals surface area contributed by atoms with E-state index in [0.717, 1.165) is 54.9 Å². The van der Waals surface area contributed by atoms with Crippen molar-refractivity contribution in [3.8, 4) is 11.5 Å². The fraction of sp³-hybridized carbons (Fsp3) is 0.265. The first-order chi connectivity index (χ1) is 21.2. The van der Waals surface area contributed by atoms with Crippen LogP contribution in [0.3, 0.4) is 0 Å². The fourth-order valence-electron chi connectivity index (χ4n) is 5.17. The summed E-state index contributed by atoms with van der Waals surface area (Å²) in [5, 5.41) is 3.31. The van der Waals surface area contributed by atoms with E-state index >= 15 is 0 Å². The Labute approximate surface area is 264 Å². The van der Waals surface area contributed by atoms with Gasteiger partial charge in [-0.3, -0.25) is 14.5 Å². The van der Waals surface area contributed by atoms with Crippen molar-refractivity contribution in [2.75, 3.05) is 35.2 Å². The predicted octanol–water partition coefficient (Wildman–Crippen LogP) is 6.95. The van der Waals surface area contributed by atoms with Crippen LogP contribution in [0.15, 0.2) is 108 Å². The number of hydrogen-bond acceptors (Lipinski definition) is 6. The van der Waals surface area contributed by atoms with Crippen LogP contribution < -0.4 is 19.7 Å². The molecule has 0 atom stereocenters. The molecule has 0 bridgehead atoms. The van der Waals surface area contributed by atoms with Gasteiger partial charge in [-0.25, -0.2) is 13.2 Å². The van der Waals surface area contributed by atoms with E-state index in [4.69, 9.17) is 4.74 Å². The van der Waals surface area contributed by atoms with Crippen molar-refractivity contribution in [1.29, 1.82) is 0 Å². The summed E-state index contributed by atoms with van der Waals surface area (Å²) in [5.74, 6) is 1.34. The second kappa shape index (κ2) is 14.7. The fourth-order valence-corrected chi connectivity index (χ4v) is 6.19. The molecule has 0 saturated carbocycles. The number of rotatable bonds is 11. The summed E-state index contributed by atoms with van der Waals surface area (Å²) in [6.45, 7) is 3.14. The Balaban J connectivity index is 1.12. The molecule has 44 heavy (non-hydrogen) atoms. The molecule has 2 amide bonds. The minimum Gasteiger partial charge on any atom is -0.457 e. The van der Waals surface area contributed by atoms with E-state index in [0.29, 0.717) is 23.7 Å². The molecule has 2 N–H and O–H groups in total. The minimum atomic E-state index is -3.32. The van der Waals surface area contributed by atoms with Crippen LogP contribution in [0.4, 0.5) is 16.2 Å². The maximum Gasteiger partial charge on any atom is 0.322 e. The molecule has 10 heteroatoms. The van der Waals surface area contributed by atoms with Gasteiger partial charge in [0.25, 0.3) is 0 Å². The number of nitrogens with zero attached hydrogens (tertiary/aromatic N) is 2. The van der Waals surface area contributed by atoms with Gasteiger partial charge in [0.05, 0.1) is 12.8 Å². The van der Waals surface area contributed by atoms with Gasteiger partial charge in [-0.05, 0) is 84.8 Å². The SMILES string of the molecule is CSc1cccc(N(Cc2ccccc2)C(=O)NC2CCN(Cc3ccc(Oc4ccc(NS(C)(=O)=O)cc4)cc3)CC2)c1. The molecule has 1 fully saturated rings. The third-order valence-electron chi connectivity index (χ3n) is 7.43. The molecule has 1 aliphatic heterocycles. The van der Waals surface area contributed by atoms with Crippen molar-refractivity contribution in [3.63, 3.8) is 0 Å². The molecule has 1 heterocycles. The standard InChI is InChI=1S/C34H38N4O4S2/c1-43-33-10-6-9-30(23-33)38(25-26-7-4-3-5-8-26)34(39)35-28-19-21-37(22-20-28)24-27-11-15-31(16-12-27)42-32-17-13-29(14-18-32)36-44(2,40)41/h3-18,23,28,36H,19-22,24-25H2,1-2H3,(H,35,39). The zero-order chi connectivity index (χ0) is 30.9. The summed E-state index contributed by atoms with van der Waals surface area (Å²) < 4.78 is 31.2. The van der Waals surface area contributed by atoms with Crippen molar-refractivity contribution in [2.24, 2.45) is 0 Å². The molecule has 1 aliphatic rings. The van der Waals surface area contributed by atoms with E-state index in [2.05, 4.69) is 51.3 Å². The molecule has 0 spiro atoms. The molecule has 230 valence electrons. The van der Waals surface area contributed by atoms with Crippen LogP contribution in [0, 0.1) is 0 Å². The molecule has 1 saturated heterocycles. The Kier molecular flexibility index (Phi) is 10.5. The first-order valence-electron chi connectivity index (χ1n) is 14.6. The van der Waals surface area contributed by atoms with Gasteiger partial charge in [-0.15, -0.1) is 11.8 Å². The van der Waals surface area contributed by atoms with Gasteiger partial charge < -0.3 is 10.1 Å². The van der Waals surface area contributed by atoms with Crippen molar-refractivity contribution < 1.29 is 17.9 Å². The Bertz CT molecular complexity index is 1620. The lowest BCUT2D eigenvalue weighted by Crippen LogP contribution is -2.49. The molecule has 0 aliphatic carbocycles. The lowest BCUT2D eigenvalue weighted by atomic mass is 10.0. The molecule has 4 aromatic carbocycles. The van der Waals surface area contributed by atoms with Gasteiger partial charge in [0.2, 0.25) is 10.0 Å². The van der Waals surface area contributed by atoms with Crippen LogP contribution in [0.1, 0.15) is 24.0 Å². The Morgan fingerprint density at radius 3 is 2.18 bits per heavy atom. The number of amides is 2. The van der Waals surface area contributed by atoms with E-state index < -0.39 is 10.0 Å². The maximum absolute atomic E-state index is 13.6. The summed E-state index contributed by atoms with van der Waals surface area (Å²) in [7, 11) is -3.32. The largest absolute Gasteiger partial charge is 0.457 e. The Hall–Kier alpha value is -3.99. The van der Waals surface area contributed by atoms with Crippen LogP contribution in [-0.4, -0.2) is 51.0 Å². The number of carbonyl (C=O) groups is 1. The number of thioether (sulfide) groups is 1. The quantitative estimate of drug-likeness (QED) is 0.174. The summed E-state index contributed by atoms with van der Waals surface area (Å²) in [6, 6.07) is 33.1. The minimum absolute atomic E-state index is 0.0672. The van der Waals surface area contributed by atoms with E-state index in [9.17, 15) is 13.2 Å². The predicted molar refractivity (Wildman–Crippen MR) is 179 cm³/mol. The van der Waals surface area contributed by atoms with E-state index in [1.807, 2.05) is 53.6 Å². The van der Waals surface area contributed by atoms with Crippen LogP contribution >= 0.6 is 11.8 Å². The number of sulfonamides is 1. The lowest BCUT2D eigenvalue weighted by Gasteiger charge is -2.34. The van der Waals surface area contributed by atoms with Gasteiger partial charge in [0.15, 0.2) is 0 Å². The second-order valence-corrected chi connectivity index (χ2v) is 13.5. The molecule has 0 aromatic heterocycles. The average molecular weight is 631 g/mol. The molecule has 0 unspecified atom stereocenters. The highest BCUT2D eigenvalue weighted by Crippen LogP contribution is 2.26. The van der Waals surface area contributed by atoms with E-state index in [-0.39, 0.29) is 12.1 Å². The smallest absolute Gasteiger partial charge is 0.322 e. The molecular weight excluding hydrogens is 593 g/mol. The number of urea groups is 1. The summed E-state index contributed by atoms with van der Waals surface area (Å²) in [4.78, 5) is 19.0. The molecule has 5 rings (SSSR count). The lowest BCUT2D eigenvalue weighted by molar-refractivity contribution is 0.188. The zero-order valence-electron chi connectivity index (χ0n) is 25.0. The number of ether oxygens (including phenoxy) is 1. The number of nitrogens with one attached hydrogen (secondary N) is 2. The van der Waals surface area contributed by atoms with Gasteiger partial charge >= 0.3 is 6.03 Å². The van der Waals surface area contributed by atoms with Crippen LogP contribution in [0.5, 0.6) is 11.5 Å². The van der Waals surface area contributed by atoms with E-state index in [1.165, 1.54) is 5.56 Å². The third-order valence-corrected chi connectivity index (χ3v) is 8.76. The van der Waals surface area contributed by atoms with Crippen LogP contribution in [0.2, 0.25) is 0 Å². The van der Waals surface area contributed by atoms with Gasteiger partial charge in [0.1, 0.15) is 11.5 Å². The maximum atomic E-state index is 13.6. The Morgan fingerprint density at radius 2 is 1.55 bits per heavy atom. The van der Waals surface area contributed by atoms with Crippen LogP contribution in [-0.2, 0) is 23.1 Å². The van der Waals surface area contributed by atoms with Gasteiger partial charge in [-0.1, -0.05) is 48.5 Å². The first kappa shape index (κ1) is 31.4. The number of piperidine rings is 1. The molecule has 0 radical (unpaired) electrons. The summed E-state index contributed by atoms with van der Waals surface area (Å²) in [6.07, 6.45) is 4.94. The van der Waals surface area contributed by atoms with Crippen LogP contribution in [0.25, 0.3) is 0 Å². The number of likely N-dealkylation sites (tertiary alicyclic amines) is 1. The van der Waals surface area contributed by atoms with E-state index in [1.54, 1.807) is 36.0 Å². The molecular formula is C34H38N4O4S2. The van der Waals surface area contributed by atoms with Crippen molar-refractivity contribution in [2.45, 2.75) is 36.9 Å². The van der Waals surface area contributed by atoms with Crippen molar-refractivity contribution >= 4 is 39.2 Å². The first-order valence-corrected chi connectivity index (χ1v) is 17.7. The van der Waals surface area contributed by atoms with Gasteiger partial charge in [0, 0.05) is 41.9 Å². The molecule has 4 aromatic rings. The summed E-state index contributed by atoms with van der Waals surface area (Å²) in [5.41, 5.74) is 3.66. The normalized spacial score (nSPS) is 14.1. The topological polar surface area (TPSA) is 91.0 Å². The number of carbonyl (C=O) groups excluding carboxylic acids is 1.